The lowest BCUT2D eigenvalue weighted by atomic mass is 9.71. The van der Waals surface area contributed by atoms with Gasteiger partial charge in [-0.25, -0.2) is 4.98 Å². The molecule has 1 unspecified atom stereocenters. The molecule has 1 aliphatic rings. The Morgan fingerprint density at radius 1 is 1.47 bits per heavy atom. The van der Waals surface area contributed by atoms with Crippen LogP contribution in [0.1, 0.15) is 50.2 Å². The Morgan fingerprint density at radius 2 is 2.12 bits per heavy atom. The fourth-order valence-electron chi connectivity index (χ4n) is 2.71. The predicted molar refractivity (Wildman–Crippen MR) is 74.3 cm³/mol. The molecule has 1 aromatic heterocycles. The molecule has 1 atom stereocenters. The van der Waals surface area contributed by atoms with Gasteiger partial charge in [-0.05, 0) is 43.9 Å². The van der Waals surface area contributed by atoms with E-state index in [-0.39, 0.29) is 0 Å². The van der Waals surface area contributed by atoms with Crippen molar-refractivity contribution in [1.82, 2.24) is 4.98 Å². The lowest BCUT2D eigenvalue weighted by molar-refractivity contribution is 0.173. The third-order valence-corrected chi connectivity index (χ3v) is 5.06. The zero-order chi connectivity index (χ0) is 12.5. The van der Waals surface area contributed by atoms with E-state index in [4.69, 9.17) is 5.73 Å². The molecule has 0 saturated heterocycles. The molecule has 0 spiro atoms. The molecule has 0 amide bonds. The van der Waals surface area contributed by atoms with Crippen molar-refractivity contribution in [2.24, 2.45) is 17.1 Å². The van der Waals surface area contributed by atoms with E-state index in [1.54, 1.807) is 11.3 Å². The van der Waals surface area contributed by atoms with Crippen LogP contribution in [-0.2, 0) is 6.42 Å². The van der Waals surface area contributed by atoms with Gasteiger partial charge < -0.3 is 5.73 Å². The van der Waals surface area contributed by atoms with Crippen LogP contribution in [0.25, 0.3) is 0 Å². The second-order valence-electron chi connectivity index (χ2n) is 6.25. The van der Waals surface area contributed by atoms with Crippen molar-refractivity contribution in [3.8, 4) is 0 Å². The summed E-state index contributed by atoms with van der Waals surface area (Å²) in [4.78, 5) is 4.51. The summed E-state index contributed by atoms with van der Waals surface area (Å²) in [7, 11) is 0. The second-order valence-corrected chi connectivity index (χ2v) is 7.19. The molecule has 1 aromatic rings. The van der Waals surface area contributed by atoms with Gasteiger partial charge in [-0.2, -0.15) is 0 Å². The predicted octanol–water partition coefficient (Wildman–Crippen LogP) is 3.54. The third kappa shape index (κ3) is 3.52. The molecule has 3 heteroatoms. The summed E-state index contributed by atoms with van der Waals surface area (Å²) in [5.74, 6) is 0.701. The fraction of sp³-hybridized carbons (Fsp3) is 0.786. The zero-order valence-corrected chi connectivity index (χ0v) is 12.0. The van der Waals surface area contributed by atoms with Crippen LogP contribution in [0.5, 0.6) is 0 Å². The molecule has 17 heavy (non-hydrogen) atoms. The molecule has 2 N–H and O–H groups in total. The average molecular weight is 252 g/mol. The Morgan fingerprint density at radius 3 is 2.65 bits per heavy atom. The molecule has 1 heterocycles. The number of aromatic nitrogens is 1. The van der Waals surface area contributed by atoms with Gasteiger partial charge in [-0.15, -0.1) is 11.3 Å². The van der Waals surface area contributed by atoms with Crippen LogP contribution in [0, 0.1) is 18.3 Å². The van der Waals surface area contributed by atoms with Crippen molar-refractivity contribution in [1.29, 1.82) is 0 Å². The summed E-state index contributed by atoms with van der Waals surface area (Å²) in [6.45, 7) is 6.80. The van der Waals surface area contributed by atoms with E-state index in [1.807, 2.05) is 0 Å². The molecule has 0 radical (unpaired) electrons. The highest BCUT2D eigenvalue weighted by Gasteiger charge is 2.30. The van der Waals surface area contributed by atoms with E-state index >= 15 is 0 Å². The molecular formula is C14H24N2S. The Labute approximate surface area is 109 Å². The number of aryl methyl sites for hydroxylation is 1. The first kappa shape index (κ1) is 13.0. The van der Waals surface area contributed by atoms with Crippen LogP contribution >= 0.6 is 11.3 Å². The number of nitrogens with two attached hydrogens (primary N) is 1. The first-order chi connectivity index (χ1) is 7.96. The lowest BCUT2D eigenvalue weighted by Gasteiger charge is -2.36. The van der Waals surface area contributed by atoms with Crippen LogP contribution in [0.3, 0.4) is 0 Å². The van der Waals surface area contributed by atoms with E-state index in [9.17, 15) is 0 Å². The number of hydrogen-bond donors (Lipinski definition) is 1. The molecule has 0 bridgehead atoms. The van der Waals surface area contributed by atoms with Crippen LogP contribution < -0.4 is 5.73 Å². The first-order valence-corrected chi connectivity index (χ1v) is 7.51. The molecule has 1 saturated carbocycles. The molecule has 2 nitrogen and oxygen atoms in total. The minimum absolute atomic E-state index is 0.302. The molecule has 2 rings (SSSR count). The van der Waals surface area contributed by atoms with Crippen LogP contribution in [0.2, 0.25) is 0 Å². The van der Waals surface area contributed by atoms with E-state index in [2.05, 4.69) is 31.1 Å². The zero-order valence-electron chi connectivity index (χ0n) is 11.2. The minimum atomic E-state index is 0.302. The summed E-state index contributed by atoms with van der Waals surface area (Å²) in [5, 5.41) is 3.33. The number of nitrogens with zero attached hydrogens (tertiary/aromatic N) is 1. The molecule has 0 aliphatic heterocycles. The van der Waals surface area contributed by atoms with Gasteiger partial charge in [0.1, 0.15) is 0 Å². The Bertz CT molecular complexity index is 360. The summed E-state index contributed by atoms with van der Waals surface area (Å²) in [6, 6.07) is 0.302. The van der Waals surface area contributed by atoms with Crippen molar-refractivity contribution in [3.63, 3.8) is 0 Å². The largest absolute Gasteiger partial charge is 0.327 e. The van der Waals surface area contributed by atoms with Crippen molar-refractivity contribution in [3.05, 3.63) is 16.1 Å². The van der Waals surface area contributed by atoms with Crippen LogP contribution in [0.15, 0.2) is 5.38 Å². The number of hydrogen-bond acceptors (Lipinski definition) is 3. The monoisotopic (exact) mass is 252 g/mol. The average Bonchev–Trinajstić information content (AvgIpc) is 2.63. The van der Waals surface area contributed by atoms with Gasteiger partial charge in [0.25, 0.3) is 0 Å². The molecule has 0 aromatic carbocycles. The lowest BCUT2D eigenvalue weighted by Crippen LogP contribution is -2.36. The van der Waals surface area contributed by atoms with Gasteiger partial charge in [-0.3, -0.25) is 0 Å². The van der Waals surface area contributed by atoms with Crippen molar-refractivity contribution in [2.75, 3.05) is 0 Å². The molecule has 1 aliphatic carbocycles. The van der Waals surface area contributed by atoms with Gasteiger partial charge in [0.05, 0.1) is 5.01 Å². The molecular weight excluding hydrogens is 228 g/mol. The molecule has 1 fully saturated rings. The maximum absolute atomic E-state index is 6.34. The van der Waals surface area contributed by atoms with E-state index in [0.717, 1.165) is 12.1 Å². The topological polar surface area (TPSA) is 38.9 Å². The standard InChI is InChI=1S/C14H24N2S/c1-10-9-17-13(16-10)8-12(15)11-4-6-14(2,3)7-5-11/h9,11-12H,4-8,15H2,1-3H3. The highest BCUT2D eigenvalue weighted by molar-refractivity contribution is 7.09. The smallest absolute Gasteiger partial charge is 0.0943 e. The SMILES string of the molecule is Cc1csc(CC(N)C2CCC(C)(C)CC2)n1. The highest BCUT2D eigenvalue weighted by atomic mass is 32.1. The normalized spacial score (nSPS) is 22.6. The highest BCUT2D eigenvalue weighted by Crippen LogP contribution is 2.39. The van der Waals surface area contributed by atoms with Crippen LogP contribution in [0.4, 0.5) is 0 Å². The third-order valence-electron chi connectivity index (χ3n) is 4.07. The quantitative estimate of drug-likeness (QED) is 0.893. The van der Waals surface area contributed by atoms with Crippen LogP contribution in [-0.4, -0.2) is 11.0 Å². The maximum atomic E-state index is 6.34. The summed E-state index contributed by atoms with van der Waals surface area (Å²) < 4.78 is 0. The maximum Gasteiger partial charge on any atom is 0.0943 e. The summed E-state index contributed by atoms with van der Waals surface area (Å²) in [5.41, 5.74) is 8.01. The van der Waals surface area contributed by atoms with E-state index in [1.165, 1.54) is 30.7 Å². The van der Waals surface area contributed by atoms with Gasteiger partial charge in [0.15, 0.2) is 0 Å². The number of thiazole rings is 1. The summed E-state index contributed by atoms with van der Waals surface area (Å²) >= 11 is 1.75. The van der Waals surface area contributed by atoms with E-state index < -0.39 is 0 Å². The van der Waals surface area contributed by atoms with Crippen molar-refractivity contribution in [2.45, 2.75) is 58.9 Å². The first-order valence-electron chi connectivity index (χ1n) is 6.63. The van der Waals surface area contributed by atoms with Gasteiger partial charge >= 0.3 is 0 Å². The van der Waals surface area contributed by atoms with Crippen molar-refractivity contribution >= 4 is 11.3 Å². The van der Waals surface area contributed by atoms with Gasteiger partial charge in [-0.1, -0.05) is 13.8 Å². The Hall–Kier alpha value is -0.410. The second kappa shape index (κ2) is 5.07. The fourth-order valence-corrected chi connectivity index (χ4v) is 3.56. The minimum Gasteiger partial charge on any atom is -0.327 e. The van der Waals surface area contributed by atoms with Gasteiger partial charge in [0.2, 0.25) is 0 Å². The van der Waals surface area contributed by atoms with E-state index in [0.29, 0.717) is 17.4 Å². The van der Waals surface area contributed by atoms with Gasteiger partial charge in [0, 0.05) is 23.5 Å². The van der Waals surface area contributed by atoms with Crippen molar-refractivity contribution < 1.29 is 0 Å². The number of rotatable bonds is 3. The Kier molecular flexibility index (Phi) is 3.88. The Balaban J connectivity index is 1.87. The molecule has 96 valence electrons. The summed E-state index contributed by atoms with van der Waals surface area (Å²) in [6.07, 6.45) is 6.19.